The number of aryl methyl sites for hydroxylation is 1. The van der Waals surface area contributed by atoms with E-state index in [1.165, 1.54) is 25.1 Å². The molecule has 4 rings (SSSR count). The Bertz CT molecular complexity index is 1310. The Morgan fingerprint density at radius 2 is 1.81 bits per heavy atom. The van der Waals surface area contributed by atoms with Crippen molar-refractivity contribution in [2.75, 3.05) is 19.5 Å². The zero-order chi connectivity index (χ0) is 22.0. The molecule has 154 valence electrons. The summed E-state index contributed by atoms with van der Waals surface area (Å²) in [6, 6.07) is 16.7. The summed E-state index contributed by atoms with van der Waals surface area (Å²) in [5, 5.41) is 17.7. The Hall–Kier alpha value is -4.38. The maximum atomic E-state index is 13.2. The van der Waals surface area contributed by atoms with Crippen LogP contribution in [0.15, 0.2) is 54.7 Å². The van der Waals surface area contributed by atoms with Crippen molar-refractivity contribution in [2.45, 2.75) is 6.92 Å². The van der Waals surface area contributed by atoms with Gasteiger partial charge in [0.15, 0.2) is 11.6 Å². The molecule has 0 atom stereocenters. The number of ether oxygens (including phenoxy) is 2. The number of anilines is 1. The van der Waals surface area contributed by atoms with Gasteiger partial charge in [-0.15, -0.1) is 0 Å². The summed E-state index contributed by atoms with van der Waals surface area (Å²) < 4.78 is 12.1. The molecular weight excluding hydrogens is 394 g/mol. The van der Waals surface area contributed by atoms with E-state index in [2.05, 4.69) is 21.5 Å². The van der Waals surface area contributed by atoms with Crippen molar-refractivity contribution in [3.63, 3.8) is 0 Å². The summed E-state index contributed by atoms with van der Waals surface area (Å²) in [7, 11) is 2.94. The molecule has 0 aliphatic rings. The quantitative estimate of drug-likeness (QED) is 0.533. The van der Waals surface area contributed by atoms with Crippen molar-refractivity contribution in [3.8, 4) is 23.4 Å². The average molecular weight is 413 g/mol. The van der Waals surface area contributed by atoms with Crippen molar-refractivity contribution >= 4 is 22.6 Å². The summed E-state index contributed by atoms with van der Waals surface area (Å²) >= 11 is 0. The van der Waals surface area contributed by atoms with Gasteiger partial charge in [0, 0.05) is 5.39 Å². The van der Waals surface area contributed by atoms with Gasteiger partial charge in [0.2, 0.25) is 0 Å². The number of rotatable bonds is 5. The van der Waals surface area contributed by atoms with E-state index in [0.717, 1.165) is 16.5 Å². The van der Waals surface area contributed by atoms with Gasteiger partial charge in [-0.25, -0.2) is 4.98 Å². The first kappa shape index (κ1) is 19.9. The molecule has 31 heavy (non-hydrogen) atoms. The van der Waals surface area contributed by atoms with Gasteiger partial charge in [0.25, 0.3) is 5.91 Å². The third kappa shape index (κ3) is 3.53. The van der Waals surface area contributed by atoms with Crippen LogP contribution >= 0.6 is 0 Å². The number of fused-ring (bicyclic) bond motifs is 1. The average Bonchev–Trinajstić information content (AvgIpc) is 3.20. The first-order valence-electron chi connectivity index (χ1n) is 9.44. The largest absolute Gasteiger partial charge is 0.496 e. The zero-order valence-corrected chi connectivity index (χ0v) is 17.2. The molecular formula is C23H19N5O3. The van der Waals surface area contributed by atoms with E-state index in [-0.39, 0.29) is 16.9 Å². The van der Waals surface area contributed by atoms with Crippen LogP contribution < -0.4 is 14.8 Å². The number of methoxy groups -OCH3 is 2. The van der Waals surface area contributed by atoms with Gasteiger partial charge in [0.05, 0.1) is 25.9 Å². The van der Waals surface area contributed by atoms with Crippen molar-refractivity contribution < 1.29 is 14.3 Å². The molecule has 1 N–H and O–H groups in total. The Morgan fingerprint density at radius 1 is 1.10 bits per heavy atom. The van der Waals surface area contributed by atoms with Crippen molar-refractivity contribution in [1.82, 2.24) is 14.8 Å². The maximum absolute atomic E-state index is 13.2. The van der Waals surface area contributed by atoms with E-state index in [1.54, 1.807) is 18.2 Å². The predicted octanol–water partition coefficient (Wildman–Crippen LogP) is 3.87. The molecule has 2 aromatic heterocycles. The second-order valence-electron chi connectivity index (χ2n) is 6.74. The van der Waals surface area contributed by atoms with Crippen LogP contribution in [0, 0.1) is 18.3 Å². The summed E-state index contributed by atoms with van der Waals surface area (Å²) in [5.41, 5.74) is 2.20. The molecule has 0 radical (unpaired) electrons. The normalized spacial score (nSPS) is 10.5. The number of nitrogens with one attached hydrogen (secondary N) is 1. The maximum Gasteiger partial charge on any atom is 0.264 e. The summed E-state index contributed by atoms with van der Waals surface area (Å²) in [4.78, 5) is 17.8. The number of nitrogens with zero attached hydrogens (tertiary/aromatic N) is 4. The Kier molecular flexibility index (Phi) is 5.24. The summed E-state index contributed by atoms with van der Waals surface area (Å²) in [6.07, 6.45) is 1.39. The monoisotopic (exact) mass is 413 g/mol. The predicted molar refractivity (Wildman–Crippen MR) is 116 cm³/mol. The van der Waals surface area contributed by atoms with Crippen LogP contribution in [-0.4, -0.2) is 34.9 Å². The number of carbonyl (C=O) groups is 1. The van der Waals surface area contributed by atoms with E-state index < -0.39 is 5.91 Å². The van der Waals surface area contributed by atoms with Gasteiger partial charge in [-0.1, -0.05) is 24.3 Å². The zero-order valence-electron chi connectivity index (χ0n) is 17.2. The number of hydrogen-bond acceptors (Lipinski definition) is 6. The van der Waals surface area contributed by atoms with E-state index in [0.29, 0.717) is 17.3 Å². The van der Waals surface area contributed by atoms with Gasteiger partial charge in [-0.2, -0.15) is 15.0 Å². The molecule has 0 bridgehead atoms. The lowest BCUT2D eigenvalue weighted by Crippen LogP contribution is -2.18. The molecule has 0 fully saturated rings. The molecule has 1 amide bonds. The summed E-state index contributed by atoms with van der Waals surface area (Å²) in [6.45, 7) is 1.97. The molecule has 0 saturated carbocycles. The first-order chi connectivity index (χ1) is 15.1. The molecule has 0 aliphatic carbocycles. The molecule has 0 saturated heterocycles. The lowest BCUT2D eigenvalue weighted by Gasteiger charge is -2.14. The van der Waals surface area contributed by atoms with Crippen LogP contribution in [0.5, 0.6) is 11.5 Å². The third-order valence-corrected chi connectivity index (χ3v) is 4.90. The number of carbonyl (C=O) groups excluding carboxylic acids is 1. The molecule has 4 aromatic rings. The highest BCUT2D eigenvalue weighted by molar-refractivity contribution is 6.08. The lowest BCUT2D eigenvalue weighted by molar-refractivity contribution is 0.102. The smallest absolute Gasteiger partial charge is 0.264 e. The molecule has 0 aliphatic heterocycles. The Labute approximate surface area is 178 Å². The van der Waals surface area contributed by atoms with Crippen molar-refractivity contribution in [3.05, 3.63) is 71.4 Å². The minimum atomic E-state index is -0.495. The number of hydrogen-bond donors (Lipinski definition) is 1. The van der Waals surface area contributed by atoms with Gasteiger partial charge in [-0.3, -0.25) is 4.79 Å². The fourth-order valence-corrected chi connectivity index (χ4v) is 3.41. The van der Waals surface area contributed by atoms with Crippen LogP contribution in [-0.2, 0) is 0 Å². The molecule has 2 heterocycles. The highest BCUT2D eigenvalue weighted by Gasteiger charge is 2.22. The Morgan fingerprint density at radius 3 is 2.48 bits per heavy atom. The molecule has 8 nitrogen and oxygen atoms in total. The topological polar surface area (TPSA) is 102 Å². The van der Waals surface area contributed by atoms with Gasteiger partial charge in [0.1, 0.15) is 28.7 Å². The van der Waals surface area contributed by atoms with Crippen LogP contribution in [0.1, 0.15) is 21.5 Å². The van der Waals surface area contributed by atoms with Crippen LogP contribution in [0.3, 0.4) is 0 Å². The molecule has 8 heteroatoms. The van der Waals surface area contributed by atoms with Crippen molar-refractivity contribution in [1.29, 1.82) is 5.26 Å². The molecule has 0 spiro atoms. The third-order valence-electron chi connectivity index (χ3n) is 4.90. The van der Waals surface area contributed by atoms with Crippen LogP contribution in [0.4, 0.5) is 5.82 Å². The number of amides is 1. The first-order valence-corrected chi connectivity index (χ1v) is 9.44. The van der Waals surface area contributed by atoms with Gasteiger partial charge < -0.3 is 14.8 Å². The number of benzene rings is 2. The van der Waals surface area contributed by atoms with E-state index >= 15 is 0 Å². The van der Waals surface area contributed by atoms with E-state index in [4.69, 9.17) is 9.47 Å². The van der Waals surface area contributed by atoms with E-state index in [1.807, 2.05) is 37.3 Å². The number of para-hydroxylation sites is 1. The molecule has 0 unspecified atom stereocenters. The molecule has 2 aromatic carbocycles. The minimum Gasteiger partial charge on any atom is -0.496 e. The number of nitriles is 1. The van der Waals surface area contributed by atoms with Gasteiger partial charge >= 0.3 is 0 Å². The second kappa shape index (κ2) is 8.16. The number of aromatic nitrogens is 3. The minimum absolute atomic E-state index is 0.204. The second-order valence-corrected chi connectivity index (χ2v) is 6.74. The highest BCUT2D eigenvalue weighted by Crippen LogP contribution is 2.30. The fourth-order valence-electron chi connectivity index (χ4n) is 3.41. The van der Waals surface area contributed by atoms with E-state index in [9.17, 15) is 10.1 Å². The van der Waals surface area contributed by atoms with Crippen LogP contribution in [0.2, 0.25) is 0 Å². The number of pyridine rings is 1. The van der Waals surface area contributed by atoms with Gasteiger partial charge in [-0.05, 0) is 36.8 Å². The highest BCUT2D eigenvalue weighted by atomic mass is 16.5. The summed E-state index contributed by atoms with van der Waals surface area (Å²) in [5.74, 6) is 0.898. The lowest BCUT2D eigenvalue weighted by atomic mass is 10.1. The van der Waals surface area contributed by atoms with Crippen LogP contribution in [0.25, 0.3) is 16.7 Å². The Balaban J connectivity index is 1.81. The SMILES string of the molecule is COc1cccc(OC)c1C(=O)Nc1c(C#N)cnn1-c1cc(C)c2ccccc2n1. The fraction of sp³-hybridized carbons (Fsp3) is 0.130. The standard InChI is InChI=1S/C23H19N5O3/c1-14-11-20(26-17-8-5-4-7-16(14)17)28-22(15(12-24)13-25-28)27-23(29)21-18(30-2)9-6-10-19(21)31-3/h4-11,13H,1-3H3,(H,27,29). The van der Waals surface area contributed by atoms with Crippen molar-refractivity contribution in [2.24, 2.45) is 0 Å².